The molecule has 2 nitrogen and oxygen atoms in total. The number of nitrogens with one attached hydrogen (secondary N) is 1. The molecule has 1 aromatic rings. The molecule has 0 aliphatic heterocycles. The summed E-state index contributed by atoms with van der Waals surface area (Å²) >= 11 is 3.34. The molecule has 1 aromatic heterocycles. The molecule has 0 saturated carbocycles. The molecule has 0 saturated heterocycles. The highest BCUT2D eigenvalue weighted by molar-refractivity contribution is 9.10. The predicted molar refractivity (Wildman–Crippen MR) is 60.1 cm³/mol. The average molecular weight is 243 g/mol. The Hall–Kier alpha value is -0.570. The van der Waals surface area contributed by atoms with Crippen molar-refractivity contribution < 1.29 is 0 Å². The lowest BCUT2D eigenvalue weighted by Gasteiger charge is -2.07. The maximum absolute atomic E-state index is 4.31. The number of unbranched alkanes of at least 4 members (excludes halogenated alkanes) is 1. The summed E-state index contributed by atoms with van der Waals surface area (Å²) in [7, 11) is 0. The zero-order valence-corrected chi connectivity index (χ0v) is 9.69. The second-order valence-electron chi connectivity index (χ2n) is 3.05. The molecule has 1 N–H and O–H groups in total. The molecule has 0 unspecified atom stereocenters. The van der Waals surface area contributed by atoms with Crippen LogP contribution in [0.3, 0.4) is 0 Å². The van der Waals surface area contributed by atoms with Crippen molar-refractivity contribution in [3.8, 4) is 0 Å². The Morgan fingerprint density at radius 3 is 2.85 bits per heavy atom. The molecule has 0 radical (unpaired) electrons. The van der Waals surface area contributed by atoms with Crippen LogP contribution in [0.15, 0.2) is 16.7 Å². The van der Waals surface area contributed by atoms with Crippen LogP contribution in [0.5, 0.6) is 0 Å². The molecule has 72 valence electrons. The lowest BCUT2D eigenvalue weighted by atomic mass is 10.3. The zero-order valence-electron chi connectivity index (χ0n) is 8.10. The topological polar surface area (TPSA) is 24.9 Å². The molecule has 0 aromatic carbocycles. The smallest absolute Gasteiger partial charge is 0.106 e. The minimum Gasteiger partial charge on any atom is -0.384 e. The van der Waals surface area contributed by atoms with Crippen molar-refractivity contribution in [2.45, 2.75) is 26.7 Å². The van der Waals surface area contributed by atoms with Gasteiger partial charge in [-0.2, -0.15) is 0 Å². The van der Waals surface area contributed by atoms with E-state index in [9.17, 15) is 0 Å². The normalized spacial score (nSPS) is 10.1. The van der Waals surface area contributed by atoms with Gasteiger partial charge in [-0.15, -0.1) is 0 Å². The molecular weight excluding hydrogens is 228 g/mol. The largest absolute Gasteiger partial charge is 0.384 e. The van der Waals surface area contributed by atoms with Gasteiger partial charge in [0.25, 0.3) is 0 Å². The summed E-state index contributed by atoms with van der Waals surface area (Å²) in [5.74, 6) is 0. The van der Waals surface area contributed by atoms with Crippen molar-refractivity contribution in [2.24, 2.45) is 0 Å². The molecule has 13 heavy (non-hydrogen) atoms. The van der Waals surface area contributed by atoms with Crippen LogP contribution in [0, 0.1) is 6.92 Å². The van der Waals surface area contributed by atoms with Gasteiger partial charge in [-0.3, -0.25) is 0 Å². The summed E-state index contributed by atoms with van der Waals surface area (Å²) in [4.78, 5) is 4.31. The van der Waals surface area contributed by atoms with Gasteiger partial charge >= 0.3 is 0 Å². The number of rotatable bonds is 4. The van der Waals surface area contributed by atoms with E-state index in [2.05, 4.69) is 39.2 Å². The molecule has 0 atom stereocenters. The molecular formula is C10H15BrN2. The highest BCUT2D eigenvalue weighted by Gasteiger charge is 1.98. The van der Waals surface area contributed by atoms with Crippen LogP contribution < -0.4 is 5.32 Å². The van der Waals surface area contributed by atoms with Crippen LogP contribution in [-0.2, 0) is 0 Å². The third-order valence-corrected chi connectivity index (χ3v) is 2.34. The van der Waals surface area contributed by atoms with Gasteiger partial charge in [0.15, 0.2) is 0 Å². The number of hydrogen-bond donors (Lipinski definition) is 1. The van der Waals surface area contributed by atoms with Crippen LogP contribution in [0.2, 0.25) is 0 Å². The molecule has 0 amide bonds. The minimum absolute atomic E-state index is 0.894. The van der Waals surface area contributed by atoms with E-state index < -0.39 is 0 Å². The molecule has 0 fully saturated rings. The first kappa shape index (κ1) is 10.5. The quantitative estimate of drug-likeness (QED) is 0.647. The van der Waals surface area contributed by atoms with Crippen molar-refractivity contribution in [1.82, 2.24) is 4.98 Å². The van der Waals surface area contributed by atoms with Crippen LogP contribution in [0.25, 0.3) is 0 Å². The Morgan fingerprint density at radius 2 is 2.23 bits per heavy atom. The fraction of sp³-hybridized carbons (Fsp3) is 0.500. The zero-order chi connectivity index (χ0) is 9.68. The Kier molecular flexibility index (Phi) is 4.22. The summed E-state index contributed by atoms with van der Waals surface area (Å²) in [6.45, 7) is 5.23. The molecule has 1 rings (SSSR count). The third-order valence-electron chi connectivity index (χ3n) is 1.90. The van der Waals surface area contributed by atoms with Crippen molar-refractivity contribution >= 4 is 21.6 Å². The SMILES string of the molecule is CCCCNc1ccc(Br)nc1C. The van der Waals surface area contributed by atoms with Crippen molar-refractivity contribution in [1.29, 1.82) is 0 Å². The molecule has 0 bridgehead atoms. The van der Waals surface area contributed by atoms with Gasteiger partial charge in [0, 0.05) is 6.54 Å². The van der Waals surface area contributed by atoms with Gasteiger partial charge in [-0.25, -0.2) is 4.98 Å². The summed E-state index contributed by atoms with van der Waals surface area (Å²) < 4.78 is 0.894. The summed E-state index contributed by atoms with van der Waals surface area (Å²) in [5.41, 5.74) is 2.18. The Bertz CT molecular complexity index is 274. The van der Waals surface area contributed by atoms with Crippen molar-refractivity contribution in [3.63, 3.8) is 0 Å². The average Bonchev–Trinajstić information content (AvgIpc) is 2.09. The standard InChI is InChI=1S/C10H15BrN2/c1-3-4-7-12-9-5-6-10(11)13-8(9)2/h5-6,12H,3-4,7H2,1-2H3. The number of pyridine rings is 1. The van der Waals surface area contributed by atoms with Gasteiger partial charge in [0.2, 0.25) is 0 Å². The van der Waals surface area contributed by atoms with E-state index in [0.29, 0.717) is 0 Å². The first-order valence-electron chi connectivity index (χ1n) is 4.61. The van der Waals surface area contributed by atoms with Crippen molar-refractivity contribution in [3.05, 3.63) is 22.4 Å². The molecule has 0 aliphatic rings. The number of aryl methyl sites for hydroxylation is 1. The van der Waals surface area contributed by atoms with Gasteiger partial charge in [0.05, 0.1) is 11.4 Å². The fourth-order valence-electron chi connectivity index (χ4n) is 1.12. The van der Waals surface area contributed by atoms with Crippen LogP contribution in [0.1, 0.15) is 25.5 Å². The lowest BCUT2D eigenvalue weighted by molar-refractivity contribution is 0.832. The first-order chi connectivity index (χ1) is 6.24. The molecule has 1 heterocycles. The number of hydrogen-bond acceptors (Lipinski definition) is 2. The van der Waals surface area contributed by atoms with E-state index in [4.69, 9.17) is 0 Å². The first-order valence-corrected chi connectivity index (χ1v) is 5.40. The van der Waals surface area contributed by atoms with E-state index in [1.54, 1.807) is 0 Å². The maximum Gasteiger partial charge on any atom is 0.106 e. The Balaban J connectivity index is 2.56. The van der Waals surface area contributed by atoms with E-state index in [-0.39, 0.29) is 0 Å². The van der Waals surface area contributed by atoms with E-state index in [0.717, 1.165) is 22.5 Å². The number of halogens is 1. The van der Waals surface area contributed by atoms with Gasteiger partial charge < -0.3 is 5.32 Å². The third kappa shape index (κ3) is 3.35. The minimum atomic E-state index is 0.894. The number of anilines is 1. The highest BCUT2D eigenvalue weighted by atomic mass is 79.9. The van der Waals surface area contributed by atoms with Gasteiger partial charge in [-0.05, 0) is 41.4 Å². The summed E-state index contributed by atoms with van der Waals surface area (Å²) in [5, 5.41) is 3.36. The molecule has 0 aliphatic carbocycles. The molecule has 3 heteroatoms. The second kappa shape index (κ2) is 5.22. The Morgan fingerprint density at radius 1 is 1.46 bits per heavy atom. The van der Waals surface area contributed by atoms with Crippen LogP contribution >= 0.6 is 15.9 Å². The van der Waals surface area contributed by atoms with Gasteiger partial charge in [-0.1, -0.05) is 13.3 Å². The molecule has 0 spiro atoms. The van der Waals surface area contributed by atoms with Crippen molar-refractivity contribution in [2.75, 3.05) is 11.9 Å². The van der Waals surface area contributed by atoms with E-state index >= 15 is 0 Å². The highest BCUT2D eigenvalue weighted by Crippen LogP contribution is 2.15. The monoisotopic (exact) mass is 242 g/mol. The lowest BCUT2D eigenvalue weighted by Crippen LogP contribution is -2.03. The second-order valence-corrected chi connectivity index (χ2v) is 3.86. The van der Waals surface area contributed by atoms with Crippen LogP contribution in [-0.4, -0.2) is 11.5 Å². The fourth-order valence-corrected chi connectivity index (χ4v) is 1.52. The number of aromatic nitrogens is 1. The van der Waals surface area contributed by atoms with E-state index in [1.165, 1.54) is 12.8 Å². The maximum atomic E-state index is 4.31. The van der Waals surface area contributed by atoms with E-state index in [1.807, 2.05) is 13.0 Å². The Labute approximate surface area is 87.9 Å². The predicted octanol–water partition coefficient (Wildman–Crippen LogP) is 3.36. The summed E-state index contributed by atoms with van der Waals surface area (Å²) in [6, 6.07) is 4.02. The number of nitrogens with zero attached hydrogens (tertiary/aromatic N) is 1. The van der Waals surface area contributed by atoms with Crippen LogP contribution in [0.4, 0.5) is 5.69 Å². The summed E-state index contributed by atoms with van der Waals surface area (Å²) in [6.07, 6.45) is 2.42. The van der Waals surface area contributed by atoms with Gasteiger partial charge in [0.1, 0.15) is 4.60 Å².